The molecule has 0 heterocycles. The molecule has 0 aromatic carbocycles. The third-order valence-corrected chi connectivity index (χ3v) is 16.1. The lowest BCUT2D eigenvalue weighted by Crippen LogP contribution is -2.30. The Morgan fingerprint density at radius 3 is 0.713 bits per heavy atom. The van der Waals surface area contributed by atoms with Crippen LogP contribution in [0.15, 0.2) is 48.6 Å². The fourth-order valence-electron chi connectivity index (χ4n) is 10.7. The number of hydrogen-bond donors (Lipinski definition) is 0. The van der Waals surface area contributed by atoms with Gasteiger partial charge in [-0.25, -0.2) is 0 Å². The Labute approximate surface area is 498 Å². The molecule has 0 aliphatic rings. The lowest BCUT2D eigenvalue weighted by molar-refractivity contribution is -0.167. The highest BCUT2D eigenvalue weighted by Crippen LogP contribution is 2.18. The predicted molar refractivity (Wildman–Crippen MR) is 349 cm³/mol. The van der Waals surface area contributed by atoms with Gasteiger partial charge < -0.3 is 14.2 Å². The predicted octanol–water partition coefficient (Wildman–Crippen LogP) is 24.5. The van der Waals surface area contributed by atoms with Gasteiger partial charge in [0.25, 0.3) is 0 Å². The molecule has 80 heavy (non-hydrogen) atoms. The molecule has 0 aliphatic carbocycles. The Balaban J connectivity index is 4.26. The molecule has 0 aliphatic heterocycles. The molecule has 0 bridgehead atoms. The molecule has 0 spiro atoms. The summed E-state index contributed by atoms with van der Waals surface area (Å²) < 4.78 is 17.0. The highest BCUT2D eigenvalue weighted by molar-refractivity contribution is 5.71. The Hall–Kier alpha value is -2.63. The molecule has 0 aromatic rings. The Morgan fingerprint density at radius 1 is 0.250 bits per heavy atom. The van der Waals surface area contributed by atoms with Crippen LogP contribution < -0.4 is 0 Å². The molecular formula is C74H136O6. The zero-order chi connectivity index (χ0) is 57.8. The maximum atomic E-state index is 13.0. The number of ether oxygens (including phenoxy) is 3. The second kappa shape index (κ2) is 68.9. The SMILES string of the molecule is CCCCC/C=C\C/C=C\CCCCCCCCCCCC(=O)OC(COC(=O)CCCCCCCCCCCCCCCCCC)COC(=O)CCCCCCCCCCCCCCCCC/C=C\C/C=C\CCCCCCC. The molecule has 0 radical (unpaired) electrons. The van der Waals surface area contributed by atoms with Crippen LogP contribution in [-0.2, 0) is 28.6 Å². The van der Waals surface area contributed by atoms with Gasteiger partial charge in [0.05, 0.1) is 0 Å². The quantitative estimate of drug-likeness (QED) is 0.0261. The topological polar surface area (TPSA) is 78.9 Å². The number of hydrogen-bond acceptors (Lipinski definition) is 6. The van der Waals surface area contributed by atoms with E-state index in [2.05, 4.69) is 69.4 Å². The Bertz CT molecular complexity index is 1380. The van der Waals surface area contributed by atoms with E-state index in [-0.39, 0.29) is 31.1 Å². The van der Waals surface area contributed by atoms with Gasteiger partial charge >= 0.3 is 17.9 Å². The van der Waals surface area contributed by atoms with Gasteiger partial charge in [0.15, 0.2) is 6.10 Å². The molecule has 0 rings (SSSR count). The summed E-state index contributed by atoms with van der Waals surface area (Å²) in [6.07, 6.45) is 87.0. The van der Waals surface area contributed by atoms with Gasteiger partial charge in [0, 0.05) is 19.3 Å². The molecule has 0 aromatic heterocycles. The second-order valence-corrected chi connectivity index (χ2v) is 24.1. The van der Waals surface area contributed by atoms with E-state index in [9.17, 15) is 14.4 Å². The fourth-order valence-corrected chi connectivity index (χ4v) is 10.7. The van der Waals surface area contributed by atoms with Crippen LogP contribution in [0.4, 0.5) is 0 Å². The summed E-state index contributed by atoms with van der Waals surface area (Å²) in [5.74, 6) is -0.846. The fraction of sp³-hybridized carbons (Fsp3) is 0.851. The first kappa shape index (κ1) is 77.4. The van der Waals surface area contributed by atoms with Gasteiger partial charge in [-0.05, 0) is 83.5 Å². The molecule has 468 valence electrons. The van der Waals surface area contributed by atoms with Crippen LogP contribution in [0.25, 0.3) is 0 Å². The van der Waals surface area contributed by atoms with Crippen LogP contribution in [0.5, 0.6) is 0 Å². The summed E-state index contributed by atoms with van der Waals surface area (Å²) >= 11 is 0. The summed E-state index contributed by atoms with van der Waals surface area (Å²) in [4.78, 5) is 38.5. The number of carbonyl (C=O) groups excluding carboxylic acids is 3. The number of rotatable bonds is 66. The molecule has 1 atom stereocenters. The van der Waals surface area contributed by atoms with E-state index in [4.69, 9.17) is 14.2 Å². The van der Waals surface area contributed by atoms with Crippen molar-refractivity contribution in [2.24, 2.45) is 0 Å². The van der Waals surface area contributed by atoms with Gasteiger partial charge in [0.1, 0.15) is 13.2 Å². The van der Waals surface area contributed by atoms with Crippen LogP contribution in [0.3, 0.4) is 0 Å². The van der Waals surface area contributed by atoms with E-state index in [0.29, 0.717) is 19.3 Å². The summed E-state index contributed by atoms with van der Waals surface area (Å²) in [7, 11) is 0. The van der Waals surface area contributed by atoms with E-state index in [1.54, 1.807) is 0 Å². The van der Waals surface area contributed by atoms with Crippen LogP contribution in [0, 0.1) is 0 Å². The molecule has 0 fully saturated rings. The number of esters is 3. The minimum Gasteiger partial charge on any atom is -0.462 e. The first-order chi connectivity index (χ1) is 39.5. The van der Waals surface area contributed by atoms with E-state index in [1.807, 2.05) is 0 Å². The van der Waals surface area contributed by atoms with Gasteiger partial charge in [-0.2, -0.15) is 0 Å². The van der Waals surface area contributed by atoms with Crippen molar-refractivity contribution in [3.63, 3.8) is 0 Å². The third-order valence-electron chi connectivity index (χ3n) is 16.1. The van der Waals surface area contributed by atoms with E-state index in [0.717, 1.165) is 70.6 Å². The molecule has 0 amide bonds. The van der Waals surface area contributed by atoms with Crippen molar-refractivity contribution in [1.29, 1.82) is 0 Å². The average Bonchev–Trinajstić information content (AvgIpc) is 3.46. The van der Waals surface area contributed by atoms with E-state index in [1.165, 1.54) is 276 Å². The van der Waals surface area contributed by atoms with E-state index >= 15 is 0 Å². The Morgan fingerprint density at radius 2 is 0.450 bits per heavy atom. The Kier molecular flexibility index (Phi) is 66.6. The van der Waals surface area contributed by atoms with Crippen molar-refractivity contribution in [1.82, 2.24) is 0 Å². The first-order valence-corrected chi connectivity index (χ1v) is 35.6. The van der Waals surface area contributed by atoms with Crippen LogP contribution >= 0.6 is 0 Å². The highest BCUT2D eigenvalue weighted by atomic mass is 16.6. The van der Waals surface area contributed by atoms with Crippen molar-refractivity contribution in [3.8, 4) is 0 Å². The summed E-state index contributed by atoms with van der Waals surface area (Å²) in [5, 5.41) is 0. The van der Waals surface area contributed by atoms with Crippen LogP contribution in [-0.4, -0.2) is 37.2 Å². The highest BCUT2D eigenvalue weighted by Gasteiger charge is 2.19. The summed E-state index contributed by atoms with van der Waals surface area (Å²) in [5.41, 5.74) is 0. The number of carbonyl (C=O) groups is 3. The molecule has 0 saturated heterocycles. The molecule has 0 N–H and O–H groups in total. The smallest absolute Gasteiger partial charge is 0.306 e. The van der Waals surface area contributed by atoms with Crippen LogP contribution in [0.2, 0.25) is 0 Å². The molecule has 0 saturated carbocycles. The maximum absolute atomic E-state index is 13.0. The van der Waals surface area contributed by atoms with Gasteiger partial charge in [-0.1, -0.05) is 333 Å². The third kappa shape index (κ3) is 66.2. The summed E-state index contributed by atoms with van der Waals surface area (Å²) in [6.45, 7) is 6.67. The van der Waals surface area contributed by atoms with Crippen molar-refractivity contribution >= 4 is 17.9 Å². The summed E-state index contributed by atoms with van der Waals surface area (Å²) in [6, 6.07) is 0. The van der Waals surface area contributed by atoms with Crippen molar-refractivity contribution in [2.45, 2.75) is 393 Å². The molecule has 6 nitrogen and oxygen atoms in total. The van der Waals surface area contributed by atoms with Crippen molar-refractivity contribution in [3.05, 3.63) is 48.6 Å². The minimum absolute atomic E-state index is 0.0696. The average molecular weight is 1120 g/mol. The monoisotopic (exact) mass is 1120 g/mol. The van der Waals surface area contributed by atoms with Gasteiger partial charge in [-0.15, -0.1) is 0 Å². The minimum atomic E-state index is -0.774. The zero-order valence-corrected chi connectivity index (χ0v) is 53.9. The number of allylic oxidation sites excluding steroid dienone is 8. The van der Waals surface area contributed by atoms with Crippen LogP contribution in [0.1, 0.15) is 387 Å². The zero-order valence-electron chi connectivity index (χ0n) is 53.9. The second-order valence-electron chi connectivity index (χ2n) is 24.1. The number of unbranched alkanes of at least 4 members (excludes halogenated alkanes) is 47. The standard InChI is InChI=1S/C74H136O6/c1-4-7-10-13-16-19-22-25-28-31-33-34-35-36-37-38-39-40-42-43-46-49-52-55-58-61-64-67-73(76)79-70-71(69-78-72(75)66-63-60-57-54-51-48-45-30-27-24-21-18-15-12-9-6-3)80-74(77)68-65-62-59-56-53-50-47-44-41-32-29-26-23-20-17-14-11-8-5-2/h17,20,22,25-26,29,31,33,71H,4-16,18-19,21,23-24,27-28,30,32,34-70H2,1-3H3/b20-17-,25-22-,29-26-,33-31-. The lowest BCUT2D eigenvalue weighted by Gasteiger charge is -2.18. The largest absolute Gasteiger partial charge is 0.462 e. The molecule has 6 heteroatoms. The van der Waals surface area contributed by atoms with Gasteiger partial charge in [-0.3, -0.25) is 14.4 Å². The maximum Gasteiger partial charge on any atom is 0.306 e. The lowest BCUT2D eigenvalue weighted by atomic mass is 10.0. The molecular weight excluding hydrogens is 985 g/mol. The normalized spacial score (nSPS) is 12.3. The van der Waals surface area contributed by atoms with Crippen molar-refractivity contribution in [2.75, 3.05) is 13.2 Å². The first-order valence-electron chi connectivity index (χ1n) is 35.6. The molecule has 1 unspecified atom stereocenters. The van der Waals surface area contributed by atoms with E-state index < -0.39 is 6.10 Å². The van der Waals surface area contributed by atoms with Crippen molar-refractivity contribution < 1.29 is 28.6 Å². The van der Waals surface area contributed by atoms with Gasteiger partial charge in [0.2, 0.25) is 0 Å².